The van der Waals surface area contributed by atoms with Crippen molar-refractivity contribution in [1.82, 2.24) is 10.2 Å². The van der Waals surface area contributed by atoms with Crippen LogP contribution in [0.4, 0.5) is 0 Å². The van der Waals surface area contributed by atoms with Gasteiger partial charge in [-0.3, -0.25) is 4.79 Å². The van der Waals surface area contributed by atoms with Crippen molar-refractivity contribution in [3.05, 3.63) is 0 Å². The third-order valence-corrected chi connectivity index (χ3v) is 3.95. The molecule has 0 aromatic rings. The van der Waals surface area contributed by atoms with Gasteiger partial charge in [0, 0.05) is 13.6 Å². The SMILES string of the molecule is CCCN(C)C(=O)C1NCC2CCCC21. The van der Waals surface area contributed by atoms with Crippen molar-refractivity contribution >= 4 is 5.91 Å². The minimum atomic E-state index is 0.119. The predicted molar refractivity (Wildman–Crippen MR) is 60.5 cm³/mol. The highest BCUT2D eigenvalue weighted by Gasteiger charge is 2.43. The Bertz CT molecular complexity index is 242. The molecule has 1 saturated carbocycles. The molecular formula is C12H22N2O. The van der Waals surface area contributed by atoms with Crippen molar-refractivity contribution in [1.29, 1.82) is 0 Å². The molecule has 1 N–H and O–H groups in total. The Kier molecular flexibility index (Phi) is 3.29. The fraction of sp³-hybridized carbons (Fsp3) is 0.917. The molecule has 2 rings (SSSR count). The second-order valence-corrected chi connectivity index (χ2v) is 5.00. The summed E-state index contributed by atoms with van der Waals surface area (Å²) >= 11 is 0. The van der Waals surface area contributed by atoms with Gasteiger partial charge in [-0.1, -0.05) is 13.3 Å². The first kappa shape index (κ1) is 10.9. The maximum atomic E-state index is 12.1. The van der Waals surface area contributed by atoms with Crippen molar-refractivity contribution in [2.24, 2.45) is 11.8 Å². The van der Waals surface area contributed by atoms with Crippen molar-refractivity contribution in [2.45, 2.75) is 38.6 Å². The van der Waals surface area contributed by atoms with Gasteiger partial charge < -0.3 is 10.2 Å². The van der Waals surface area contributed by atoms with Crippen LogP contribution in [0, 0.1) is 11.8 Å². The van der Waals surface area contributed by atoms with Crippen LogP contribution in [0.2, 0.25) is 0 Å². The predicted octanol–water partition coefficient (Wildman–Crippen LogP) is 1.24. The monoisotopic (exact) mass is 210 g/mol. The minimum Gasteiger partial charge on any atom is -0.344 e. The molecule has 3 nitrogen and oxygen atoms in total. The largest absolute Gasteiger partial charge is 0.344 e. The summed E-state index contributed by atoms with van der Waals surface area (Å²) in [5.74, 6) is 1.71. The molecule has 0 bridgehead atoms. The number of fused-ring (bicyclic) bond motifs is 1. The van der Waals surface area contributed by atoms with Crippen LogP contribution in [-0.4, -0.2) is 37.0 Å². The highest BCUT2D eigenvalue weighted by atomic mass is 16.2. The van der Waals surface area contributed by atoms with Gasteiger partial charge >= 0.3 is 0 Å². The Morgan fingerprint density at radius 1 is 1.47 bits per heavy atom. The van der Waals surface area contributed by atoms with Gasteiger partial charge in [-0.05, 0) is 37.6 Å². The van der Waals surface area contributed by atoms with Crippen LogP contribution in [0.5, 0.6) is 0 Å². The summed E-state index contributed by atoms with van der Waals surface area (Å²) in [7, 11) is 1.93. The number of nitrogens with zero attached hydrogens (tertiary/aromatic N) is 1. The number of likely N-dealkylation sites (N-methyl/N-ethyl adjacent to an activating group) is 1. The zero-order chi connectivity index (χ0) is 10.8. The van der Waals surface area contributed by atoms with E-state index in [4.69, 9.17) is 0 Å². The lowest BCUT2D eigenvalue weighted by molar-refractivity contribution is -0.132. The van der Waals surface area contributed by atoms with Crippen molar-refractivity contribution in [2.75, 3.05) is 20.1 Å². The Morgan fingerprint density at radius 3 is 3.00 bits per heavy atom. The van der Waals surface area contributed by atoms with Crippen LogP contribution in [0.15, 0.2) is 0 Å². The fourth-order valence-electron chi connectivity index (χ4n) is 3.14. The quantitative estimate of drug-likeness (QED) is 0.760. The lowest BCUT2D eigenvalue weighted by atomic mass is 9.93. The molecule has 0 aromatic carbocycles. The molecule has 15 heavy (non-hydrogen) atoms. The zero-order valence-electron chi connectivity index (χ0n) is 9.83. The van der Waals surface area contributed by atoms with E-state index in [0.717, 1.165) is 25.4 Å². The molecule has 3 heteroatoms. The highest BCUT2D eigenvalue weighted by molar-refractivity contribution is 5.82. The third-order valence-electron chi connectivity index (χ3n) is 3.95. The first-order chi connectivity index (χ1) is 7.24. The second-order valence-electron chi connectivity index (χ2n) is 5.00. The molecule has 86 valence electrons. The van der Waals surface area contributed by atoms with Crippen molar-refractivity contribution in [3.63, 3.8) is 0 Å². The maximum Gasteiger partial charge on any atom is 0.239 e. The highest BCUT2D eigenvalue weighted by Crippen LogP contribution is 2.38. The topological polar surface area (TPSA) is 32.3 Å². The van der Waals surface area contributed by atoms with E-state index in [-0.39, 0.29) is 6.04 Å². The smallest absolute Gasteiger partial charge is 0.239 e. The first-order valence-corrected chi connectivity index (χ1v) is 6.22. The van der Waals surface area contributed by atoms with E-state index >= 15 is 0 Å². The molecule has 2 aliphatic rings. The molecule has 1 amide bonds. The number of hydrogen-bond donors (Lipinski definition) is 1. The van der Waals surface area contributed by atoms with Crippen LogP contribution >= 0.6 is 0 Å². The van der Waals surface area contributed by atoms with E-state index in [1.807, 2.05) is 11.9 Å². The molecular weight excluding hydrogens is 188 g/mol. The van der Waals surface area contributed by atoms with Crippen LogP contribution < -0.4 is 5.32 Å². The molecule has 1 aliphatic heterocycles. The van der Waals surface area contributed by atoms with E-state index in [1.165, 1.54) is 19.3 Å². The molecule has 2 fully saturated rings. The molecule has 3 atom stereocenters. The second kappa shape index (κ2) is 4.52. The molecule has 0 radical (unpaired) electrons. The average molecular weight is 210 g/mol. The summed E-state index contributed by atoms with van der Waals surface area (Å²) in [5.41, 5.74) is 0. The third kappa shape index (κ3) is 2.03. The van der Waals surface area contributed by atoms with Crippen LogP contribution in [0.3, 0.4) is 0 Å². The van der Waals surface area contributed by atoms with Gasteiger partial charge in [-0.2, -0.15) is 0 Å². The molecule has 1 aliphatic carbocycles. The molecule has 0 aromatic heterocycles. The zero-order valence-corrected chi connectivity index (χ0v) is 9.83. The average Bonchev–Trinajstić information content (AvgIpc) is 2.77. The van der Waals surface area contributed by atoms with Gasteiger partial charge in [-0.15, -0.1) is 0 Å². The Balaban J connectivity index is 1.95. The maximum absolute atomic E-state index is 12.1. The van der Waals surface area contributed by atoms with E-state index in [2.05, 4.69) is 12.2 Å². The van der Waals surface area contributed by atoms with Crippen molar-refractivity contribution in [3.8, 4) is 0 Å². The van der Waals surface area contributed by atoms with E-state index in [0.29, 0.717) is 11.8 Å². The summed E-state index contributed by atoms with van der Waals surface area (Å²) in [6.45, 7) is 4.06. The Hall–Kier alpha value is -0.570. The van der Waals surface area contributed by atoms with Gasteiger partial charge in [-0.25, -0.2) is 0 Å². The summed E-state index contributed by atoms with van der Waals surface area (Å²) in [6.07, 6.45) is 4.92. The van der Waals surface area contributed by atoms with E-state index in [9.17, 15) is 4.79 Å². The first-order valence-electron chi connectivity index (χ1n) is 6.22. The van der Waals surface area contributed by atoms with Crippen LogP contribution in [0.1, 0.15) is 32.6 Å². The van der Waals surface area contributed by atoms with Gasteiger partial charge in [0.2, 0.25) is 5.91 Å². The number of hydrogen-bond acceptors (Lipinski definition) is 2. The normalized spacial score (nSPS) is 34.1. The molecule has 0 spiro atoms. The number of amides is 1. The lowest BCUT2D eigenvalue weighted by Gasteiger charge is -2.24. The van der Waals surface area contributed by atoms with Gasteiger partial charge in [0.15, 0.2) is 0 Å². The Labute approximate surface area is 92.2 Å². The number of carbonyl (C=O) groups is 1. The van der Waals surface area contributed by atoms with E-state index in [1.54, 1.807) is 0 Å². The fourth-order valence-corrected chi connectivity index (χ4v) is 3.14. The molecule has 1 heterocycles. The van der Waals surface area contributed by atoms with Gasteiger partial charge in [0.1, 0.15) is 0 Å². The summed E-state index contributed by atoms with van der Waals surface area (Å²) in [5, 5.41) is 3.41. The lowest BCUT2D eigenvalue weighted by Crippen LogP contribution is -2.44. The Morgan fingerprint density at radius 2 is 2.27 bits per heavy atom. The van der Waals surface area contributed by atoms with Gasteiger partial charge in [0.05, 0.1) is 6.04 Å². The number of carbonyl (C=O) groups excluding carboxylic acids is 1. The number of rotatable bonds is 3. The summed E-state index contributed by atoms with van der Waals surface area (Å²) in [4.78, 5) is 14.0. The minimum absolute atomic E-state index is 0.119. The van der Waals surface area contributed by atoms with Gasteiger partial charge in [0.25, 0.3) is 0 Å². The summed E-state index contributed by atoms with van der Waals surface area (Å²) in [6, 6.07) is 0.119. The van der Waals surface area contributed by atoms with E-state index < -0.39 is 0 Å². The van der Waals surface area contributed by atoms with Crippen molar-refractivity contribution < 1.29 is 4.79 Å². The molecule has 1 saturated heterocycles. The van der Waals surface area contributed by atoms with Crippen LogP contribution in [0.25, 0.3) is 0 Å². The standard InChI is InChI=1S/C12H22N2O/c1-3-7-14(2)12(15)11-10-6-4-5-9(10)8-13-11/h9-11,13H,3-8H2,1-2H3. The summed E-state index contributed by atoms with van der Waals surface area (Å²) < 4.78 is 0. The molecule has 3 unspecified atom stereocenters. The number of nitrogens with one attached hydrogen (secondary N) is 1. The van der Waals surface area contributed by atoms with Crippen LogP contribution in [-0.2, 0) is 4.79 Å².